The van der Waals surface area contributed by atoms with Crippen LogP contribution < -0.4 is 10.0 Å². The van der Waals surface area contributed by atoms with Gasteiger partial charge >= 0.3 is 0 Å². The highest BCUT2D eigenvalue weighted by Crippen LogP contribution is 2.20. The molecule has 1 aliphatic rings. The minimum atomic E-state index is -3.99. The van der Waals surface area contributed by atoms with Gasteiger partial charge in [0.15, 0.2) is 0 Å². The molecule has 0 radical (unpaired) electrons. The number of benzene rings is 2. The van der Waals surface area contributed by atoms with Crippen LogP contribution in [0.3, 0.4) is 0 Å². The first-order valence-corrected chi connectivity index (χ1v) is 9.08. The highest BCUT2D eigenvalue weighted by molar-refractivity contribution is 7.92. The van der Waals surface area contributed by atoms with Crippen LogP contribution in [0.2, 0.25) is 0 Å². The maximum atomic E-state index is 13.6. The number of carbonyl (C=O) groups excluding carboxylic acids is 1. The van der Waals surface area contributed by atoms with Crippen molar-refractivity contribution in [3.63, 3.8) is 0 Å². The third-order valence-corrected chi connectivity index (χ3v) is 5.05. The summed E-state index contributed by atoms with van der Waals surface area (Å²) >= 11 is 0. The Morgan fingerprint density at radius 3 is 2.38 bits per heavy atom. The van der Waals surface area contributed by atoms with Gasteiger partial charge in [-0.2, -0.15) is 0 Å². The van der Waals surface area contributed by atoms with Crippen molar-refractivity contribution in [3.05, 3.63) is 59.9 Å². The van der Waals surface area contributed by atoms with Crippen molar-refractivity contribution < 1.29 is 17.6 Å². The predicted molar refractivity (Wildman–Crippen MR) is 88.5 cm³/mol. The second-order valence-electron chi connectivity index (χ2n) is 5.75. The molecule has 0 aromatic heterocycles. The van der Waals surface area contributed by atoms with Crippen LogP contribution in [0.15, 0.2) is 53.4 Å². The topological polar surface area (TPSA) is 75.3 Å². The van der Waals surface area contributed by atoms with Gasteiger partial charge < -0.3 is 5.32 Å². The lowest BCUT2D eigenvalue weighted by Gasteiger charge is -2.09. The quantitative estimate of drug-likeness (QED) is 0.842. The van der Waals surface area contributed by atoms with Crippen LogP contribution in [0.1, 0.15) is 18.4 Å². The van der Waals surface area contributed by atoms with Crippen molar-refractivity contribution >= 4 is 21.6 Å². The molecule has 126 valence electrons. The molecule has 1 saturated carbocycles. The summed E-state index contributed by atoms with van der Waals surface area (Å²) in [5, 5.41) is 2.89. The standard InChI is InChI=1S/C17H17FN2O3S/c18-15-3-1-2-4-16(15)24(22,23)20-14-7-5-12(6-8-14)11-17(21)19-13-9-10-13/h1-8,13,20H,9-11H2,(H,19,21). The molecule has 0 heterocycles. The first-order valence-electron chi connectivity index (χ1n) is 7.60. The zero-order valence-electron chi connectivity index (χ0n) is 12.8. The van der Waals surface area contributed by atoms with Crippen molar-refractivity contribution in [3.8, 4) is 0 Å². The summed E-state index contributed by atoms with van der Waals surface area (Å²) in [5.41, 5.74) is 1.09. The Morgan fingerprint density at radius 2 is 1.75 bits per heavy atom. The summed E-state index contributed by atoms with van der Waals surface area (Å²) in [6, 6.07) is 11.9. The fourth-order valence-corrected chi connectivity index (χ4v) is 3.39. The van der Waals surface area contributed by atoms with Gasteiger partial charge in [-0.05, 0) is 42.7 Å². The lowest BCUT2D eigenvalue weighted by Crippen LogP contribution is -2.26. The van der Waals surface area contributed by atoms with Gasteiger partial charge in [0, 0.05) is 11.7 Å². The van der Waals surface area contributed by atoms with Crippen LogP contribution >= 0.6 is 0 Å². The SMILES string of the molecule is O=C(Cc1ccc(NS(=O)(=O)c2ccccc2F)cc1)NC1CC1. The van der Waals surface area contributed by atoms with Crippen LogP contribution in [0, 0.1) is 5.82 Å². The van der Waals surface area contributed by atoms with E-state index < -0.39 is 20.7 Å². The highest BCUT2D eigenvalue weighted by Gasteiger charge is 2.23. The van der Waals surface area contributed by atoms with Crippen LogP contribution in [0.4, 0.5) is 10.1 Å². The highest BCUT2D eigenvalue weighted by atomic mass is 32.2. The van der Waals surface area contributed by atoms with Crippen molar-refractivity contribution in [2.24, 2.45) is 0 Å². The number of carbonyl (C=O) groups is 1. The Bertz CT molecular complexity index is 846. The average Bonchev–Trinajstić information content (AvgIpc) is 3.33. The molecule has 0 saturated heterocycles. The molecule has 5 nitrogen and oxygen atoms in total. The molecule has 0 bridgehead atoms. The van der Waals surface area contributed by atoms with Crippen LogP contribution in [0.25, 0.3) is 0 Å². The number of hydrogen-bond donors (Lipinski definition) is 2. The van der Waals surface area contributed by atoms with E-state index in [-0.39, 0.29) is 12.3 Å². The van der Waals surface area contributed by atoms with Gasteiger partial charge in [-0.25, -0.2) is 12.8 Å². The number of hydrogen-bond acceptors (Lipinski definition) is 3. The smallest absolute Gasteiger partial charge is 0.264 e. The molecule has 7 heteroatoms. The average molecular weight is 348 g/mol. The summed E-state index contributed by atoms with van der Waals surface area (Å²) in [5.74, 6) is -0.851. The van der Waals surface area contributed by atoms with Crippen LogP contribution in [-0.4, -0.2) is 20.4 Å². The zero-order chi connectivity index (χ0) is 17.2. The molecule has 2 N–H and O–H groups in total. The number of sulfonamides is 1. The first kappa shape index (κ1) is 16.4. The molecule has 3 rings (SSSR count). The molecular formula is C17H17FN2O3S. The molecule has 0 aliphatic heterocycles. The van der Waals surface area contributed by atoms with Crippen molar-refractivity contribution in [2.45, 2.75) is 30.2 Å². The molecule has 0 atom stereocenters. The number of rotatable bonds is 6. The van der Waals surface area contributed by atoms with E-state index in [1.165, 1.54) is 18.2 Å². The Labute approximate surface area is 139 Å². The normalized spacial score (nSPS) is 14.2. The van der Waals surface area contributed by atoms with Gasteiger partial charge in [0.25, 0.3) is 10.0 Å². The largest absolute Gasteiger partial charge is 0.353 e. The number of halogens is 1. The van der Waals surface area contributed by atoms with E-state index in [1.54, 1.807) is 24.3 Å². The Hall–Kier alpha value is -2.41. The lowest BCUT2D eigenvalue weighted by molar-refractivity contribution is -0.120. The van der Waals surface area contributed by atoms with Crippen molar-refractivity contribution in [1.29, 1.82) is 0 Å². The molecule has 0 spiro atoms. The van der Waals surface area contributed by atoms with Crippen LogP contribution in [-0.2, 0) is 21.2 Å². The fourth-order valence-electron chi connectivity index (χ4n) is 2.26. The Balaban J connectivity index is 1.67. The summed E-state index contributed by atoms with van der Waals surface area (Å²) < 4.78 is 40.4. The monoisotopic (exact) mass is 348 g/mol. The van der Waals surface area contributed by atoms with Crippen LogP contribution in [0.5, 0.6) is 0 Å². The molecular weight excluding hydrogens is 331 g/mol. The summed E-state index contributed by atoms with van der Waals surface area (Å²) in [7, 11) is -3.99. The molecule has 0 unspecified atom stereocenters. The molecule has 2 aromatic rings. The first-order chi connectivity index (χ1) is 11.4. The molecule has 1 fully saturated rings. The molecule has 1 amide bonds. The van der Waals surface area contributed by atoms with E-state index in [2.05, 4.69) is 10.0 Å². The maximum absolute atomic E-state index is 13.6. The summed E-state index contributed by atoms with van der Waals surface area (Å²) in [4.78, 5) is 11.3. The van der Waals surface area contributed by atoms with E-state index in [1.807, 2.05) is 0 Å². The molecule has 24 heavy (non-hydrogen) atoms. The minimum Gasteiger partial charge on any atom is -0.353 e. The second-order valence-corrected chi connectivity index (χ2v) is 7.40. The minimum absolute atomic E-state index is 0.0443. The van der Waals surface area contributed by atoms with Crippen molar-refractivity contribution in [2.75, 3.05) is 4.72 Å². The third kappa shape index (κ3) is 4.11. The summed E-state index contributed by atoms with van der Waals surface area (Å²) in [6.45, 7) is 0. The number of anilines is 1. The second kappa shape index (κ2) is 6.60. The fraction of sp³-hybridized carbons (Fsp3) is 0.235. The summed E-state index contributed by atoms with van der Waals surface area (Å²) in [6.07, 6.45) is 2.31. The van der Waals surface area contributed by atoms with Gasteiger partial charge in [0.1, 0.15) is 10.7 Å². The predicted octanol–water partition coefficient (Wildman–Crippen LogP) is 2.45. The van der Waals surface area contributed by atoms with E-state index in [4.69, 9.17) is 0 Å². The molecule has 1 aliphatic carbocycles. The van der Waals surface area contributed by atoms with E-state index >= 15 is 0 Å². The Kier molecular flexibility index (Phi) is 4.53. The van der Waals surface area contributed by atoms with Gasteiger partial charge in [-0.1, -0.05) is 24.3 Å². The van der Waals surface area contributed by atoms with Gasteiger partial charge in [-0.15, -0.1) is 0 Å². The lowest BCUT2D eigenvalue weighted by atomic mass is 10.1. The van der Waals surface area contributed by atoms with E-state index in [0.29, 0.717) is 11.7 Å². The van der Waals surface area contributed by atoms with Gasteiger partial charge in [0.05, 0.1) is 6.42 Å². The zero-order valence-corrected chi connectivity index (χ0v) is 13.6. The molecule has 2 aromatic carbocycles. The van der Waals surface area contributed by atoms with Gasteiger partial charge in [0.2, 0.25) is 5.91 Å². The van der Waals surface area contributed by atoms with Gasteiger partial charge in [-0.3, -0.25) is 9.52 Å². The third-order valence-electron chi connectivity index (χ3n) is 3.64. The maximum Gasteiger partial charge on any atom is 0.264 e. The number of amides is 1. The van der Waals surface area contributed by atoms with E-state index in [9.17, 15) is 17.6 Å². The number of nitrogens with one attached hydrogen (secondary N) is 2. The van der Waals surface area contributed by atoms with Crippen molar-refractivity contribution in [1.82, 2.24) is 5.32 Å². The van der Waals surface area contributed by atoms with E-state index in [0.717, 1.165) is 24.5 Å². The Morgan fingerprint density at radius 1 is 1.08 bits per heavy atom.